The van der Waals surface area contributed by atoms with E-state index in [1.165, 1.54) is 18.3 Å². The van der Waals surface area contributed by atoms with Gasteiger partial charge in [0.1, 0.15) is 17.4 Å². The lowest BCUT2D eigenvalue weighted by Gasteiger charge is -2.27. The molecule has 2 atom stereocenters. The molecule has 4 rings (SSSR count). The molecule has 1 saturated carbocycles. The second kappa shape index (κ2) is 13.9. The predicted octanol–water partition coefficient (Wildman–Crippen LogP) is 5.33. The molecule has 2 aliphatic rings. The van der Waals surface area contributed by atoms with Gasteiger partial charge in [-0.2, -0.15) is 13.2 Å². The number of thiazole rings is 1. The number of nitrogens with zero attached hydrogens (tertiary/aromatic N) is 5. The van der Waals surface area contributed by atoms with Crippen LogP contribution in [0.25, 0.3) is 0 Å². The highest BCUT2D eigenvalue weighted by molar-refractivity contribution is 8.04. The van der Waals surface area contributed by atoms with E-state index < -0.39 is 41.0 Å². The van der Waals surface area contributed by atoms with Crippen LogP contribution in [-0.2, 0) is 15.8 Å². The van der Waals surface area contributed by atoms with Crippen LogP contribution in [0.3, 0.4) is 0 Å². The second-order valence-electron chi connectivity index (χ2n) is 11.8. The number of imide groups is 1. The minimum Gasteiger partial charge on any atom is -0.345 e. The Hall–Kier alpha value is -3.50. The first-order valence-corrected chi connectivity index (χ1v) is 16.2. The number of aldehydes is 1. The number of rotatable bonds is 11. The van der Waals surface area contributed by atoms with Gasteiger partial charge < -0.3 is 9.69 Å². The molecule has 0 bridgehead atoms. The Kier molecular flexibility index (Phi) is 10.6. The zero-order valence-electron chi connectivity index (χ0n) is 25.5. The highest BCUT2D eigenvalue weighted by Crippen LogP contribution is 2.48. The third-order valence-electron chi connectivity index (χ3n) is 7.20. The van der Waals surface area contributed by atoms with E-state index in [1.54, 1.807) is 5.38 Å². The van der Waals surface area contributed by atoms with E-state index in [-0.39, 0.29) is 34.3 Å². The Balaban J connectivity index is 1.71. The van der Waals surface area contributed by atoms with E-state index in [9.17, 15) is 32.3 Å². The molecule has 2 aromatic heterocycles. The molecule has 0 aromatic carbocycles. The summed E-state index contributed by atoms with van der Waals surface area (Å²) in [6, 6.07) is 0.262. The van der Waals surface area contributed by atoms with Gasteiger partial charge in [0.15, 0.2) is 5.13 Å². The van der Waals surface area contributed by atoms with Crippen molar-refractivity contribution in [3.05, 3.63) is 51.3 Å². The molecule has 11 nitrogen and oxygen atoms in total. The zero-order valence-corrected chi connectivity index (χ0v) is 27.1. The molecule has 2 aromatic rings. The van der Waals surface area contributed by atoms with Gasteiger partial charge in [0, 0.05) is 29.9 Å². The summed E-state index contributed by atoms with van der Waals surface area (Å²) < 4.78 is 39.5. The lowest BCUT2D eigenvalue weighted by molar-refractivity contribution is -0.137. The first kappa shape index (κ1) is 34.4. The average molecular weight is 668 g/mol. The first-order valence-electron chi connectivity index (χ1n) is 14.4. The van der Waals surface area contributed by atoms with Crippen molar-refractivity contribution < 1.29 is 32.3 Å². The van der Waals surface area contributed by atoms with Crippen molar-refractivity contribution in [2.75, 3.05) is 11.4 Å². The molecule has 16 heteroatoms. The number of hydrogen-bond donors (Lipinski definition) is 2. The number of anilines is 1. The number of hydrogen-bond acceptors (Lipinski definition) is 10. The number of pyridine rings is 1. The lowest BCUT2D eigenvalue weighted by atomic mass is 10.0. The zero-order chi connectivity index (χ0) is 33.2. The van der Waals surface area contributed by atoms with Gasteiger partial charge in [-0.05, 0) is 50.2 Å². The molecule has 3 N–H and O–H groups in total. The Bertz CT molecular complexity index is 1460. The summed E-state index contributed by atoms with van der Waals surface area (Å²) in [7, 11) is 0. The number of thioether (sulfide) groups is 1. The molecule has 45 heavy (non-hydrogen) atoms. The molecule has 0 saturated heterocycles. The van der Waals surface area contributed by atoms with Gasteiger partial charge in [-0.15, -0.1) is 11.3 Å². The molecule has 0 spiro atoms. The van der Waals surface area contributed by atoms with Crippen molar-refractivity contribution in [2.45, 2.75) is 77.5 Å². The van der Waals surface area contributed by atoms with Crippen LogP contribution in [0.4, 0.5) is 23.1 Å². The average Bonchev–Trinajstić information content (AvgIpc) is 3.60. The SMILES string of the molecule is CC1=C(C(=O)N(C(=O)c2csc(N(CC(C)C)C3CC3)n2)[C@H](C=O)CC(C)C)SC(c2ccc(C(F)(F)F)cn2)N1C(=O)NN. The second-order valence-corrected chi connectivity index (χ2v) is 13.7. The first-order chi connectivity index (χ1) is 21.2. The topological polar surface area (TPSA) is 142 Å². The van der Waals surface area contributed by atoms with Crippen LogP contribution < -0.4 is 16.2 Å². The van der Waals surface area contributed by atoms with E-state index in [2.05, 4.69) is 28.7 Å². The molecular weight excluding hydrogens is 631 g/mol. The van der Waals surface area contributed by atoms with Gasteiger partial charge in [-0.25, -0.2) is 15.6 Å². The summed E-state index contributed by atoms with van der Waals surface area (Å²) in [4.78, 5) is 66.0. The van der Waals surface area contributed by atoms with Crippen LogP contribution in [0.5, 0.6) is 0 Å². The Labute approximate surface area is 267 Å². The quantitative estimate of drug-likeness (QED) is 0.107. The maximum atomic E-state index is 14.2. The largest absolute Gasteiger partial charge is 0.417 e. The van der Waals surface area contributed by atoms with Crippen LogP contribution >= 0.6 is 23.1 Å². The summed E-state index contributed by atoms with van der Waals surface area (Å²) in [5.41, 5.74) is 1.13. The van der Waals surface area contributed by atoms with E-state index >= 15 is 0 Å². The fourth-order valence-electron chi connectivity index (χ4n) is 4.97. The maximum Gasteiger partial charge on any atom is 0.417 e. The number of nitrogens with two attached hydrogens (primary N) is 1. The van der Waals surface area contributed by atoms with Crippen molar-refractivity contribution in [3.63, 3.8) is 0 Å². The Morgan fingerprint density at radius 1 is 1.16 bits per heavy atom. The number of carbonyl (C=O) groups is 4. The highest BCUT2D eigenvalue weighted by Gasteiger charge is 2.44. The number of nitrogens with one attached hydrogen (secondary N) is 1. The normalized spacial score (nSPS) is 17.6. The summed E-state index contributed by atoms with van der Waals surface area (Å²) in [5.74, 6) is 4.07. The van der Waals surface area contributed by atoms with Crippen molar-refractivity contribution in [1.29, 1.82) is 0 Å². The summed E-state index contributed by atoms with van der Waals surface area (Å²) >= 11 is 2.11. The smallest absolute Gasteiger partial charge is 0.345 e. The molecule has 244 valence electrons. The minimum absolute atomic E-state index is 0.00660. The molecule has 4 amide bonds. The molecule has 0 radical (unpaired) electrons. The van der Waals surface area contributed by atoms with E-state index in [0.717, 1.165) is 53.1 Å². The van der Waals surface area contributed by atoms with E-state index in [1.807, 2.05) is 19.3 Å². The van der Waals surface area contributed by atoms with Crippen molar-refractivity contribution >= 4 is 52.4 Å². The number of halogens is 3. The predicted molar refractivity (Wildman–Crippen MR) is 165 cm³/mol. The maximum absolute atomic E-state index is 14.2. The fraction of sp³-hybridized carbons (Fsp3) is 0.517. The molecule has 3 heterocycles. The van der Waals surface area contributed by atoms with Crippen molar-refractivity contribution in [2.24, 2.45) is 17.7 Å². The Morgan fingerprint density at radius 3 is 2.36 bits per heavy atom. The van der Waals surface area contributed by atoms with Gasteiger partial charge >= 0.3 is 12.2 Å². The number of hydrazine groups is 1. The van der Waals surface area contributed by atoms with Gasteiger partial charge in [-0.3, -0.25) is 29.8 Å². The van der Waals surface area contributed by atoms with E-state index in [0.29, 0.717) is 29.6 Å². The monoisotopic (exact) mass is 667 g/mol. The number of alkyl halides is 3. The van der Waals surface area contributed by atoms with Gasteiger partial charge in [-0.1, -0.05) is 39.5 Å². The molecule has 1 aliphatic heterocycles. The van der Waals surface area contributed by atoms with Crippen LogP contribution in [0.2, 0.25) is 0 Å². The number of amides is 4. The lowest BCUT2D eigenvalue weighted by Crippen LogP contribution is -2.47. The van der Waals surface area contributed by atoms with Crippen LogP contribution in [-0.4, -0.2) is 62.5 Å². The van der Waals surface area contributed by atoms with Crippen LogP contribution in [0.15, 0.2) is 34.3 Å². The standard InChI is InChI=1S/C29H36F3N7O4S2/c1-15(2)10-20(13-40)39(24(41)22-14-44-28(35-22)37(12-16(3)4)19-7-8-19)25(42)23-17(5)38(27(43)36-33)26(45-23)21-9-6-18(11-34-21)29(30,31)32/h6,9,11,13-16,19-20,26H,7-8,10,12,33H2,1-5H3,(H,36,43)/t20-,26?/m0/s1. The van der Waals surface area contributed by atoms with Crippen molar-refractivity contribution in [3.8, 4) is 0 Å². The molecular formula is C29H36F3N7O4S2. The Morgan fingerprint density at radius 2 is 1.84 bits per heavy atom. The minimum atomic E-state index is -4.63. The highest BCUT2D eigenvalue weighted by atomic mass is 32.2. The summed E-state index contributed by atoms with van der Waals surface area (Å²) in [6.07, 6.45) is -1.24. The number of carbonyl (C=O) groups excluding carboxylic acids is 4. The number of aromatic nitrogens is 2. The number of urea groups is 1. The molecule has 1 aliphatic carbocycles. The third-order valence-corrected chi connectivity index (χ3v) is 9.46. The van der Waals surface area contributed by atoms with E-state index in [4.69, 9.17) is 5.84 Å². The third kappa shape index (κ3) is 7.66. The van der Waals surface area contributed by atoms with Gasteiger partial charge in [0.05, 0.1) is 22.2 Å². The molecule has 1 unspecified atom stereocenters. The summed E-state index contributed by atoms with van der Waals surface area (Å²) in [6.45, 7) is 10.1. The van der Waals surface area contributed by atoms with Crippen LogP contribution in [0.1, 0.15) is 81.0 Å². The fourth-order valence-corrected chi connectivity index (χ4v) is 7.16. The van der Waals surface area contributed by atoms with Crippen molar-refractivity contribution in [1.82, 2.24) is 25.2 Å². The molecule has 1 fully saturated rings. The van der Waals surface area contributed by atoms with Gasteiger partial charge in [0.25, 0.3) is 11.8 Å². The van der Waals surface area contributed by atoms with Crippen LogP contribution in [0, 0.1) is 11.8 Å². The number of allylic oxidation sites excluding steroid dienone is 1. The van der Waals surface area contributed by atoms with Gasteiger partial charge in [0.2, 0.25) is 0 Å². The summed E-state index contributed by atoms with van der Waals surface area (Å²) in [5, 5.41) is 1.13.